The fraction of sp³-hybridized carbons (Fsp3) is 0.161. The summed E-state index contributed by atoms with van der Waals surface area (Å²) in [6.07, 6.45) is -0.213. The Bertz CT molecular complexity index is 1310. The number of ether oxygens (including phenoxy) is 1. The third-order valence-electron chi connectivity index (χ3n) is 5.57. The Labute approximate surface area is 237 Å². The Morgan fingerprint density at radius 3 is 1.88 bits per heavy atom. The van der Waals surface area contributed by atoms with Gasteiger partial charge in [0, 0.05) is 12.5 Å². The SMILES string of the molecule is CNCCC(Oc1ccc(C(F)(F)F)cc1)c1ccccc1.Cl.Oc1ccc(C=Cc2cc(O)cc(O)c2)cc1. The fourth-order valence-corrected chi connectivity index (χ4v) is 3.62. The van der Waals surface area contributed by atoms with E-state index in [4.69, 9.17) is 9.84 Å². The van der Waals surface area contributed by atoms with E-state index in [0.717, 1.165) is 36.2 Å². The van der Waals surface area contributed by atoms with Crippen LogP contribution in [0.2, 0.25) is 0 Å². The lowest BCUT2D eigenvalue weighted by atomic mass is 10.1. The van der Waals surface area contributed by atoms with Gasteiger partial charge in [0.2, 0.25) is 0 Å². The summed E-state index contributed by atoms with van der Waals surface area (Å²) in [7, 11) is 1.85. The van der Waals surface area contributed by atoms with Crippen LogP contribution in [0.25, 0.3) is 12.2 Å². The molecule has 40 heavy (non-hydrogen) atoms. The maximum absolute atomic E-state index is 12.6. The van der Waals surface area contributed by atoms with E-state index < -0.39 is 11.7 Å². The molecule has 0 aromatic heterocycles. The van der Waals surface area contributed by atoms with Gasteiger partial charge in [0.05, 0.1) is 5.56 Å². The van der Waals surface area contributed by atoms with Crippen molar-refractivity contribution in [1.29, 1.82) is 0 Å². The van der Waals surface area contributed by atoms with Crippen LogP contribution < -0.4 is 10.1 Å². The number of hydrogen-bond donors (Lipinski definition) is 4. The van der Waals surface area contributed by atoms with Crippen LogP contribution in [0.1, 0.15) is 34.8 Å². The Morgan fingerprint density at radius 2 is 1.32 bits per heavy atom. The zero-order valence-electron chi connectivity index (χ0n) is 21.7. The molecule has 1 unspecified atom stereocenters. The summed E-state index contributed by atoms with van der Waals surface area (Å²) in [6.45, 7) is 0.750. The van der Waals surface area contributed by atoms with Gasteiger partial charge in [0.15, 0.2) is 0 Å². The van der Waals surface area contributed by atoms with E-state index in [2.05, 4.69) is 5.32 Å². The summed E-state index contributed by atoms with van der Waals surface area (Å²) < 4.78 is 43.6. The van der Waals surface area contributed by atoms with Crippen molar-refractivity contribution in [1.82, 2.24) is 5.32 Å². The maximum atomic E-state index is 12.6. The molecule has 0 bridgehead atoms. The highest BCUT2D eigenvalue weighted by molar-refractivity contribution is 5.85. The van der Waals surface area contributed by atoms with Crippen molar-refractivity contribution < 1.29 is 33.2 Å². The van der Waals surface area contributed by atoms with Gasteiger partial charge in [-0.1, -0.05) is 54.6 Å². The number of aromatic hydroxyl groups is 3. The van der Waals surface area contributed by atoms with Crippen LogP contribution in [-0.2, 0) is 6.18 Å². The lowest BCUT2D eigenvalue weighted by Gasteiger charge is -2.20. The third kappa shape index (κ3) is 10.6. The molecular formula is C31H31ClF3NO4. The van der Waals surface area contributed by atoms with Crippen molar-refractivity contribution in [2.45, 2.75) is 18.7 Å². The monoisotopic (exact) mass is 573 g/mol. The quantitative estimate of drug-likeness (QED) is 0.161. The minimum Gasteiger partial charge on any atom is -0.508 e. The smallest absolute Gasteiger partial charge is 0.416 e. The second kappa shape index (κ2) is 15.5. The zero-order chi connectivity index (χ0) is 28.3. The number of rotatable bonds is 8. The summed E-state index contributed by atoms with van der Waals surface area (Å²) in [4.78, 5) is 0. The topological polar surface area (TPSA) is 82.0 Å². The van der Waals surface area contributed by atoms with E-state index in [0.29, 0.717) is 11.3 Å². The molecule has 4 rings (SSSR count). The van der Waals surface area contributed by atoms with Gasteiger partial charge in [-0.2, -0.15) is 13.2 Å². The summed E-state index contributed by atoms with van der Waals surface area (Å²) in [5, 5.41) is 30.8. The predicted octanol–water partition coefficient (Wildman–Crippen LogP) is 7.83. The number of nitrogens with one attached hydrogen (secondary N) is 1. The normalized spacial score (nSPS) is 11.7. The third-order valence-corrected chi connectivity index (χ3v) is 5.57. The molecule has 4 N–H and O–H groups in total. The van der Waals surface area contributed by atoms with Crippen molar-refractivity contribution in [3.8, 4) is 23.0 Å². The summed E-state index contributed by atoms with van der Waals surface area (Å²) in [5.74, 6) is 0.695. The average molecular weight is 574 g/mol. The van der Waals surface area contributed by atoms with Gasteiger partial charge in [-0.3, -0.25) is 0 Å². The molecule has 212 valence electrons. The van der Waals surface area contributed by atoms with Gasteiger partial charge in [-0.05, 0) is 78.8 Å². The van der Waals surface area contributed by atoms with Crippen LogP contribution in [0.15, 0.2) is 97.1 Å². The highest BCUT2D eigenvalue weighted by atomic mass is 35.5. The Morgan fingerprint density at radius 1 is 0.750 bits per heavy atom. The second-order valence-electron chi connectivity index (χ2n) is 8.64. The molecule has 0 amide bonds. The number of halogens is 4. The van der Waals surface area contributed by atoms with E-state index >= 15 is 0 Å². The Kier molecular flexibility index (Phi) is 12.4. The zero-order valence-corrected chi connectivity index (χ0v) is 22.5. The number of benzene rings is 4. The van der Waals surface area contributed by atoms with E-state index in [1.807, 2.05) is 43.5 Å². The lowest BCUT2D eigenvalue weighted by molar-refractivity contribution is -0.137. The van der Waals surface area contributed by atoms with Gasteiger partial charge >= 0.3 is 6.18 Å². The predicted molar refractivity (Wildman–Crippen MR) is 154 cm³/mol. The van der Waals surface area contributed by atoms with Crippen molar-refractivity contribution in [3.63, 3.8) is 0 Å². The molecule has 1 atom stereocenters. The fourth-order valence-electron chi connectivity index (χ4n) is 3.62. The minimum atomic E-state index is -4.33. The molecule has 0 fully saturated rings. The molecule has 0 heterocycles. The van der Waals surface area contributed by atoms with E-state index in [-0.39, 0.29) is 35.8 Å². The van der Waals surface area contributed by atoms with Crippen LogP contribution in [0.3, 0.4) is 0 Å². The molecule has 5 nitrogen and oxygen atoms in total. The van der Waals surface area contributed by atoms with Crippen molar-refractivity contribution in [2.24, 2.45) is 0 Å². The first-order valence-electron chi connectivity index (χ1n) is 12.2. The molecule has 4 aromatic rings. The highest BCUT2D eigenvalue weighted by Crippen LogP contribution is 2.32. The Balaban J connectivity index is 0.000000282. The molecule has 0 aliphatic rings. The standard InChI is InChI=1S/C17H18F3NO.C14H12O3.ClH/c1-21-12-11-16(13-5-3-2-4-6-13)22-15-9-7-14(8-10-15)17(18,19)20;15-12-5-3-10(4-6-12)1-2-11-7-13(16)9-14(17)8-11;/h2-10,16,21H,11-12H2,1H3;1-9,15-17H;1H. The van der Waals surface area contributed by atoms with Gasteiger partial charge in [-0.25, -0.2) is 0 Å². The van der Waals surface area contributed by atoms with Crippen LogP contribution in [0.4, 0.5) is 13.2 Å². The largest absolute Gasteiger partial charge is 0.508 e. The summed E-state index contributed by atoms with van der Waals surface area (Å²) in [5.41, 5.74) is 1.95. The molecule has 0 spiro atoms. The van der Waals surface area contributed by atoms with Crippen LogP contribution in [0.5, 0.6) is 23.0 Å². The maximum Gasteiger partial charge on any atom is 0.416 e. The highest BCUT2D eigenvalue weighted by Gasteiger charge is 2.30. The first-order chi connectivity index (χ1) is 18.6. The molecule has 9 heteroatoms. The van der Waals surface area contributed by atoms with Crippen LogP contribution in [0, 0.1) is 0 Å². The number of hydrogen-bond acceptors (Lipinski definition) is 5. The number of phenols is 3. The van der Waals surface area contributed by atoms with E-state index in [9.17, 15) is 23.4 Å². The van der Waals surface area contributed by atoms with Gasteiger partial charge in [-0.15, -0.1) is 12.4 Å². The van der Waals surface area contributed by atoms with Crippen molar-refractivity contribution in [3.05, 3.63) is 119 Å². The molecule has 0 saturated heterocycles. The first kappa shape index (κ1) is 32.1. The molecule has 0 saturated carbocycles. The summed E-state index contributed by atoms with van der Waals surface area (Å²) >= 11 is 0. The Hall–Kier alpha value is -4.14. The molecule has 0 aliphatic carbocycles. The van der Waals surface area contributed by atoms with Crippen molar-refractivity contribution >= 4 is 24.6 Å². The molecular weight excluding hydrogens is 543 g/mol. The van der Waals surface area contributed by atoms with E-state index in [1.165, 1.54) is 18.2 Å². The van der Waals surface area contributed by atoms with Crippen LogP contribution >= 0.6 is 12.4 Å². The summed E-state index contributed by atoms with van der Waals surface area (Å²) in [6, 6.07) is 25.6. The second-order valence-corrected chi connectivity index (χ2v) is 8.64. The van der Waals surface area contributed by atoms with Gasteiger partial charge in [0.25, 0.3) is 0 Å². The van der Waals surface area contributed by atoms with Crippen molar-refractivity contribution in [2.75, 3.05) is 13.6 Å². The number of alkyl halides is 3. The molecule has 0 radical (unpaired) electrons. The van der Waals surface area contributed by atoms with Gasteiger partial charge < -0.3 is 25.4 Å². The molecule has 4 aromatic carbocycles. The molecule has 0 aliphatic heterocycles. The average Bonchev–Trinajstić information content (AvgIpc) is 2.91. The first-order valence-corrected chi connectivity index (χ1v) is 12.2. The minimum absolute atomic E-state index is 0. The lowest BCUT2D eigenvalue weighted by Crippen LogP contribution is -2.16. The van der Waals surface area contributed by atoms with Crippen LogP contribution in [-0.4, -0.2) is 28.9 Å². The van der Waals surface area contributed by atoms with Gasteiger partial charge in [0.1, 0.15) is 29.1 Å². The number of phenolic OH excluding ortho intramolecular Hbond substituents is 3. The van der Waals surface area contributed by atoms with E-state index in [1.54, 1.807) is 42.5 Å².